The molecule has 0 aliphatic heterocycles. The molecule has 2 aromatic carbocycles. The minimum absolute atomic E-state index is 0.00561. The summed E-state index contributed by atoms with van der Waals surface area (Å²) in [6.45, 7) is 0.160. The van der Waals surface area contributed by atoms with E-state index in [1.165, 1.54) is 28.0 Å². The number of hydrogen-bond acceptors (Lipinski definition) is 8. The van der Waals surface area contributed by atoms with E-state index in [-0.39, 0.29) is 17.9 Å². The first-order valence-corrected chi connectivity index (χ1v) is 10.3. The lowest BCUT2D eigenvalue weighted by atomic mass is 10.1. The van der Waals surface area contributed by atoms with Crippen LogP contribution in [-0.2, 0) is 6.61 Å². The number of ether oxygens (including phenoxy) is 1. The molecule has 0 amide bonds. The van der Waals surface area contributed by atoms with Gasteiger partial charge in [-0.1, -0.05) is 29.5 Å². The summed E-state index contributed by atoms with van der Waals surface area (Å²) < 4.78 is 13.1. The van der Waals surface area contributed by atoms with Crippen LogP contribution in [0.1, 0.15) is 11.6 Å². The Hall–Kier alpha value is -4.31. The van der Waals surface area contributed by atoms with Gasteiger partial charge in [-0.15, -0.1) is 5.10 Å². The standard InChI is InChI=1S/C22H14N4O5S/c27-21-19(12-17-10-11-18(31-17)14-6-8-15(9-7-14)26(28)29)32-22-23-20(24-25(21)22)13-30-16-4-2-1-3-5-16/h1-12H,13H2. The van der Waals surface area contributed by atoms with Crippen molar-refractivity contribution in [2.75, 3.05) is 0 Å². The lowest BCUT2D eigenvalue weighted by Crippen LogP contribution is -2.23. The normalized spacial score (nSPS) is 11.8. The van der Waals surface area contributed by atoms with Crippen LogP contribution in [0.15, 0.2) is 75.9 Å². The Labute approximate surface area is 184 Å². The predicted molar refractivity (Wildman–Crippen MR) is 117 cm³/mol. The number of benzene rings is 2. The van der Waals surface area contributed by atoms with E-state index < -0.39 is 4.92 Å². The Bertz CT molecular complexity index is 1520. The first-order chi connectivity index (χ1) is 15.6. The predicted octanol–water partition coefficient (Wildman–Crippen LogP) is 3.45. The number of hydrogen-bond donors (Lipinski definition) is 0. The van der Waals surface area contributed by atoms with E-state index in [4.69, 9.17) is 9.15 Å². The van der Waals surface area contributed by atoms with Gasteiger partial charge >= 0.3 is 0 Å². The van der Waals surface area contributed by atoms with Crippen molar-refractivity contribution in [3.05, 3.63) is 103 Å². The highest BCUT2D eigenvalue weighted by Gasteiger charge is 2.12. The molecule has 0 fully saturated rings. The second kappa shape index (κ2) is 8.08. The van der Waals surface area contributed by atoms with Crippen LogP contribution in [0.25, 0.3) is 22.4 Å². The summed E-state index contributed by atoms with van der Waals surface area (Å²) in [6, 6.07) is 18.8. The van der Waals surface area contributed by atoms with Crippen LogP contribution in [0.2, 0.25) is 0 Å². The van der Waals surface area contributed by atoms with Crippen LogP contribution in [0.5, 0.6) is 5.75 Å². The molecule has 0 aliphatic rings. The van der Waals surface area contributed by atoms with Crippen molar-refractivity contribution in [2.45, 2.75) is 6.61 Å². The van der Waals surface area contributed by atoms with Crippen LogP contribution in [0.4, 0.5) is 5.69 Å². The molecule has 5 rings (SSSR count). The molecule has 0 spiro atoms. The van der Waals surface area contributed by atoms with Crippen molar-refractivity contribution in [3.63, 3.8) is 0 Å². The zero-order chi connectivity index (χ0) is 22.1. The summed E-state index contributed by atoms with van der Waals surface area (Å²) in [6.07, 6.45) is 1.62. The third-order valence-corrected chi connectivity index (χ3v) is 5.56. The molecule has 0 aliphatic carbocycles. The second-order valence-electron chi connectivity index (χ2n) is 6.75. The summed E-state index contributed by atoms with van der Waals surface area (Å²) in [5.74, 6) is 2.14. The van der Waals surface area contributed by atoms with Crippen LogP contribution in [0.3, 0.4) is 0 Å². The molecule has 0 unspecified atom stereocenters. The Morgan fingerprint density at radius 1 is 1.09 bits per heavy atom. The number of aromatic nitrogens is 3. The quantitative estimate of drug-likeness (QED) is 0.290. The number of fused-ring (bicyclic) bond motifs is 1. The van der Waals surface area contributed by atoms with Gasteiger partial charge in [0.15, 0.2) is 5.82 Å². The SMILES string of the molecule is O=c1c(=Cc2ccc(-c3ccc([N+](=O)[O-])cc3)o2)sc2nc(COc3ccccc3)nn12. The maximum absolute atomic E-state index is 12.7. The van der Waals surface area contributed by atoms with E-state index in [2.05, 4.69) is 10.1 Å². The van der Waals surface area contributed by atoms with E-state index in [9.17, 15) is 14.9 Å². The molecular formula is C22H14N4O5S. The fraction of sp³-hybridized carbons (Fsp3) is 0.0455. The number of furan rings is 1. The highest BCUT2D eigenvalue weighted by molar-refractivity contribution is 7.15. The van der Waals surface area contributed by atoms with Crippen LogP contribution < -0.4 is 14.8 Å². The highest BCUT2D eigenvalue weighted by Crippen LogP contribution is 2.24. The number of rotatable bonds is 6. The fourth-order valence-corrected chi connectivity index (χ4v) is 3.97. The van der Waals surface area contributed by atoms with Gasteiger partial charge < -0.3 is 9.15 Å². The van der Waals surface area contributed by atoms with Crippen molar-refractivity contribution in [3.8, 4) is 17.1 Å². The van der Waals surface area contributed by atoms with Crippen molar-refractivity contribution < 1.29 is 14.1 Å². The zero-order valence-electron chi connectivity index (χ0n) is 16.4. The second-order valence-corrected chi connectivity index (χ2v) is 7.76. The average Bonchev–Trinajstić information content (AvgIpc) is 3.51. The third kappa shape index (κ3) is 3.86. The fourth-order valence-electron chi connectivity index (χ4n) is 3.06. The summed E-state index contributed by atoms with van der Waals surface area (Å²) in [4.78, 5) is 27.9. The molecule has 9 nitrogen and oxygen atoms in total. The molecule has 5 aromatic rings. The molecule has 0 N–H and O–H groups in total. The highest BCUT2D eigenvalue weighted by atomic mass is 32.1. The van der Waals surface area contributed by atoms with Crippen molar-refractivity contribution in [1.29, 1.82) is 0 Å². The van der Waals surface area contributed by atoms with E-state index >= 15 is 0 Å². The summed E-state index contributed by atoms with van der Waals surface area (Å²) in [5.41, 5.74) is 0.408. The molecule has 0 saturated heterocycles. The maximum Gasteiger partial charge on any atom is 0.291 e. The van der Waals surface area contributed by atoms with Gasteiger partial charge in [-0.3, -0.25) is 14.9 Å². The number of nitro groups is 1. The lowest BCUT2D eigenvalue weighted by Gasteiger charge is -2.01. The van der Waals surface area contributed by atoms with Crippen LogP contribution >= 0.6 is 11.3 Å². The number of nitro benzene ring substituents is 1. The van der Waals surface area contributed by atoms with Crippen LogP contribution in [0, 0.1) is 10.1 Å². The topological polar surface area (TPSA) is 113 Å². The third-order valence-electron chi connectivity index (χ3n) is 4.60. The molecule has 32 heavy (non-hydrogen) atoms. The molecule has 10 heteroatoms. The number of nitrogens with zero attached hydrogens (tertiary/aromatic N) is 4. The van der Waals surface area contributed by atoms with Gasteiger partial charge in [-0.25, -0.2) is 0 Å². The smallest absolute Gasteiger partial charge is 0.291 e. The Morgan fingerprint density at radius 2 is 1.88 bits per heavy atom. The Morgan fingerprint density at radius 3 is 2.59 bits per heavy atom. The molecule has 0 saturated carbocycles. The Kier molecular flexibility index (Phi) is 4.96. The first kappa shape index (κ1) is 19.6. The maximum atomic E-state index is 12.7. The first-order valence-electron chi connectivity index (χ1n) is 9.49. The molecular weight excluding hydrogens is 432 g/mol. The minimum atomic E-state index is -0.457. The van der Waals surface area contributed by atoms with Gasteiger partial charge in [0.25, 0.3) is 11.2 Å². The number of para-hydroxylation sites is 1. The molecule has 158 valence electrons. The van der Waals surface area contributed by atoms with Crippen molar-refractivity contribution in [1.82, 2.24) is 14.6 Å². The largest absolute Gasteiger partial charge is 0.486 e. The monoisotopic (exact) mass is 446 g/mol. The van der Waals surface area contributed by atoms with Crippen molar-refractivity contribution >= 4 is 28.1 Å². The Balaban J connectivity index is 1.37. The molecule has 3 heterocycles. The minimum Gasteiger partial charge on any atom is -0.486 e. The van der Waals surface area contributed by atoms with Gasteiger partial charge in [0.2, 0.25) is 4.96 Å². The van der Waals surface area contributed by atoms with Gasteiger partial charge in [0.1, 0.15) is 28.4 Å². The lowest BCUT2D eigenvalue weighted by molar-refractivity contribution is -0.384. The van der Waals surface area contributed by atoms with Crippen molar-refractivity contribution in [2.24, 2.45) is 0 Å². The number of non-ortho nitro benzene ring substituents is 1. The molecule has 3 aromatic heterocycles. The van der Waals surface area contributed by atoms with E-state index in [0.717, 1.165) is 0 Å². The van der Waals surface area contributed by atoms with Gasteiger partial charge in [-0.05, 0) is 36.4 Å². The summed E-state index contributed by atoms with van der Waals surface area (Å²) in [5, 5.41) is 15.0. The molecule has 0 atom stereocenters. The summed E-state index contributed by atoms with van der Waals surface area (Å²) >= 11 is 1.20. The van der Waals surface area contributed by atoms with Gasteiger partial charge in [-0.2, -0.15) is 9.50 Å². The van der Waals surface area contributed by atoms with E-state index in [1.54, 1.807) is 30.3 Å². The van der Waals surface area contributed by atoms with Gasteiger partial charge in [0, 0.05) is 23.8 Å². The van der Waals surface area contributed by atoms with E-state index in [1.807, 2.05) is 30.3 Å². The average molecular weight is 446 g/mol. The van der Waals surface area contributed by atoms with Crippen LogP contribution in [-0.4, -0.2) is 19.5 Å². The zero-order valence-corrected chi connectivity index (χ0v) is 17.2. The number of thiazole rings is 1. The molecule has 0 radical (unpaired) electrons. The summed E-state index contributed by atoms with van der Waals surface area (Å²) in [7, 11) is 0. The van der Waals surface area contributed by atoms with Gasteiger partial charge in [0.05, 0.1) is 4.92 Å². The molecule has 0 bridgehead atoms. The van der Waals surface area contributed by atoms with E-state index in [0.29, 0.717) is 38.2 Å².